The zero-order chi connectivity index (χ0) is 11.9. The minimum atomic E-state index is 0.691. The van der Waals surface area contributed by atoms with Crippen LogP contribution in [0.3, 0.4) is 0 Å². The average Bonchev–Trinajstić information content (AvgIpc) is 3.04. The van der Waals surface area contributed by atoms with Gasteiger partial charge in [-0.1, -0.05) is 0 Å². The average molecular weight is 238 g/mol. The number of hydrogen-bond donors (Lipinski definition) is 1. The van der Waals surface area contributed by atoms with E-state index in [9.17, 15) is 0 Å². The lowest BCUT2D eigenvalue weighted by Crippen LogP contribution is -1.85. The van der Waals surface area contributed by atoms with Gasteiger partial charge in [-0.25, -0.2) is 9.97 Å². The van der Waals surface area contributed by atoms with Gasteiger partial charge in [-0.05, 0) is 23.8 Å². The summed E-state index contributed by atoms with van der Waals surface area (Å²) >= 11 is 0. The maximum Gasteiger partial charge on any atom is 0.184 e. The SMILES string of the molecule is c1ncc2c(-c3ccc4c(c3)CCO4)[nH]nc2n1. The van der Waals surface area contributed by atoms with Crippen LogP contribution >= 0.6 is 0 Å². The molecule has 3 heterocycles. The van der Waals surface area contributed by atoms with E-state index in [-0.39, 0.29) is 0 Å². The van der Waals surface area contributed by atoms with E-state index in [1.807, 2.05) is 12.1 Å². The second kappa shape index (κ2) is 3.53. The molecule has 0 spiro atoms. The second-order valence-corrected chi connectivity index (χ2v) is 4.28. The first-order chi connectivity index (χ1) is 8.92. The molecule has 18 heavy (non-hydrogen) atoms. The van der Waals surface area contributed by atoms with Crippen molar-refractivity contribution in [3.63, 3.8) is 0 Å². The van der Waals surface area contributed by atoms with Gasteiger partial charge in [0.2, 0.25) is 0 Å². The molecule has 1 N–H and O–H groups in total. The minimum Gasteiger partial charge on any atom is -0.493 e. The molecule has 0 unspecified atom stereocenters. The number of nitrogens with zero attached hydrogens (tertiary/aromatic N) is 3. The highest BCUT2D eigenvalue weighted by Gasteiger charge is 2.15. The zero-order valence-corrected chi connectivity index (χ0v) is 9.55. The third-order valence-electron chi connectivity index (χ3n) is 3.21. The predicted molar refractivity (Wildman–Crippen MR) is 66.3 cm³/mol. The third-order valence-corrected chi connectivity index (χ3v) is 3.21. The standard InChI is InChI=1S/C13H10N4O/c1-2-11-8(3-4-18-11)5-9(1)12-10-6-14-7-15-13(10)17-16-12/h1-2,5-7H,3-4H2,(H,14,15,16,17). The summed E-state index contributed by atoms with van der Waals surface area (Å²) in [4.78, 5) is 8.17. The molecule has 2 aromatic heterocycles. The Morgan fingerprint density at radius 2 is 2.28 bits per heavy atom. The summed E-state index contributed by atoms with van der Waals surface area (Å²) in [6.07, 6.45) is 4.25. The molecule has 5 nitrogen and oxygen atoms in total. The molecular formula is C13H10N4O. The van der Waals surface area contributed by atoms with Crippen LogP contribution in [0.5, 0.6) is 5.75 Å². The van der Waals surface area contributed by atoms with Gasteiger partial charge in [-0.15, -0.1) is 0 Å². The number of H-pyrrole nitrogens is 1. The maximum absolute atomic E-state index is 5.51. The second-order valence-electron chi connectivity index (χ2n) is 4.28. The first kappa shape index (κ1) is 9.58. The van der Waals surface area contributed by atoms with Gasteiger partial charge in [0, 0.05) is 18.2 Å². The van der Waals surface area contributed by atoms with Crippen LogP contribution in [0.15, 0.2) is 30.7 Å². The van der Waals surface area contributed by atoms with Gasteiger partial charge in [-0.2, -0.15) is 5.10 Å². The summed E-state index contributed by atoms with van der Waals surface area (Å²) in [5.74, 6) is 0.985. The molecular weight excluding hydrogens is 228 g/mol. The molecule has 0 aliphatic carbocycles. The van der Waals surface area contributed by atoms with E-state index in [0.717, 1.165) is 35.4 Å². The van der Waals surface area contributed by atoms with Crippen molar-refractivity contribution in [3.05, 3.63) is 36.3 Å². The highest BCUT2D eigenvalue weighted by atomic mass is 16.5. The van der Waals surface area contributed by atoms with E-state index in [1.165, 1.54) is 11.9 Å². The Labute approximate surface area is 103 Å². The zero-order valence-electron chi connectivity index (χ0n) is 9.55. The molecule has 0 saturated heterocycles. The van der Waals surface area contributed by atoms with Crippen LogP contribution in [0.4, 0.5) is 0 Å². The normalized spacial score (nSPS) is 13.6. The van der Waals surface area contributed by atoms with Crippen molar-refractivity contribution in [3.8, 4) is 17.0 Å². The van der Waals surface area contributed by atoms with Gasteiger partial charge in [0.15, 0.2) is 5.65 Å². The molecule has 88 valence electrons. The lowest BCUT2D eigenvalue weighted by Gasteiger charge is -2.02. The fraction of sp³-hybridized carbons (Fsp3) is 0.154. The number of aromatic amines is 1. The van der Waals surface area contributed by atoms with Gasteiger partial charge in [-0.3, -0.25) is 5.10 Å². The van der Waals surface area contributed by atoms with E-state index < -0.39 is 0 Å². The lowest BCUT2D eigenvalue weighted by atomic mass is 10.1. The fourth-order valence-corrected chi connectivity index (χ4v) is 2.32. The number of ether oxygens (including phenoxy) is 1. The van der Waals surface area contributed by atoms with E-state index in [2.05, 4.69) is 26.2 Å². The minimum absolute atomic E-state index is 0.691. The van der Waals surface area contributed by atoms with Crippen molar-refractivity contribution in [2.45, 2.75) is 6.42 Å². The van der Waals surface area contributed by atoms with Gasteiger partial charge >= 0.3 is 0 Å². The molecule has 1 aliphatic heterocycles. The number of hydrogen-bond acceptors (Lipinski definition) is 4. The summed E-state index contributed by atoms with van der Waals surface area (Å²) in [6.45, 7) is 0.769. The van der Waals surface area contributed by atoms with Crippen LogP contribution in [0, 0.1) is 0 Å². The van der Waals surface area contributed by atoms with E-state index in [1.54, 1.807) is 6.20 Å². The Balaban J connectivity index is 1.92. The Morgan fingerprint density at radius 3 is 3.28 bits per heavy atom. The van der Waals surface area contributed by atoms with E-state index in [0.29, 0.717) is 5.65 Å². The summed E-state index contributed by atoms with van der Waals surface area (Å²) in [7, 11) is 0. The number of aromatic nitrogens is 4. The van der Waals surface area contributed by atoms with Crippen LogP contribution < -0.4 is 4.74 Å². The summed E-state index contributed by atoms with van der Waals surface area (Å²) in [5, 5.41) is 8.15. The number of rotatable bonds is 1. The molecule has 0 fully saturated rings. The highest BCUT2D eigenvalue weighted by Crippen LogP contribution is 2.31. The van der Waals surface area contributed by atoms with Crippen LogP contribution in [0.25, 0.3) is 22.3 Å². The molecule has 5 heteroatoms. The Bertz CT molecular complexity index is 735. The molecule has 1 aromatic carbocycles. The lowest BCUT2D eigenvalue weighted by molar-refractivity contribution is 0.357. The van der Waals surface area contributed by atoms with Crippen LogP contribution in [-0.2, 0) is 6.42 Å². The molecule has 3 aromatic rings. The van der Waals surface area contributed by atoms with Crippen molar-refractivity contribution in [1.29, 1.82) is 0 Å². The Morgan fingerprint density at radius 1 is 1.28 bits per heavy atom. The van der Waals surface area contributed by atoms with Crippen LogP contribution in [0.2, 0.25) is 0 Å². The van der Waals surface area contributed by atoms with Crippen LogP contribution in [-0.4, -0.2) is 26.8 Å². The summed E-state index contributed by atoms with van der Waals surface area (Å²) in [6, 6.07) is 6.18. The fourth-order valence-electron chi connectivity index (χ4n) is 2.32. The number of fused-ring (bicyclic) bond motifs is 2. The maximum atomic E-state index is 5.51. The van der Waals surface area contributed by atoms with Crippen LogP contribution in [0.1, 0.15) is 5.56 Å². The highest BCUT2D eigenvalue weighted by molar-refractivity contribution is 5.90. The molecule has 4 rings (SSSR count). The quantitative estimate of drug-likeness (QED) is 0.703. The van der Waals surface area contributed by atoms with Gasteiger partial charge in [0.05, 0.1) is 17.7 Å². The van der Waals surface area contributed by atoms with Gasteiger partial charge in [0.1, 0.15) is 12.1 Å². The smallest absolute Gasteiger partial charge is 0.184 e. The van der Waals surface area contributed by atoms with Crippen molar-refractivity contribution in [2.24, 2.45) is 0 Å². The van der Waals surface area contributed by atoms with Crippen molar-refractivity contribution in [1.82, 2.24) is 20.2 Å². The number of nitrogens with one attached hydrogen (secondary N) is 1. The van der Waals surface area contributed by atoms with E-state index >= 15 is 0 Å². The monoisotopic (exact) mass is 238 g/mol. The van der Waals surface area contributed by atoms with Crippen molar-refractivity contribution in [2.75, 3.05) is 6.61 Å². The van der Waals surface area contributed by atoms with Crippen molar-refractivity contribution >= 4 is 11.0 Å². The summed E-state index contributed by atoms with van der Waals surface area (Å²) in [5.41, 5.74) is 3.99. The molecule has 0 saturated carbocycles. The first-order valence-electron chi connectivity index (χ1n) is 5.82. The van der Waals surface area contributed by atoms with E-state index in [4.69, 9.17) is 4.74 Å². The Kier molecular flexibility index (Phi) is 1.88. The predicted octanol–water partition coefficient (Wildman–Crippen LogP) is 1.95. The van der Waals surface area contributed by atoms with Gasteiger partial charge < -0.3 is 4.74 Å². The molecule has 0 radical (unpaired) electrons. The Hall–Kier alpha value is -2.43. The first-order valence-corrected chi connectivity index (χ1v) is 5.82. The molecule has 0 bridgehead atoms. The molecule has 0 atom stereocenters. The number of benzene rings is 1. The molecule has 1 aliphatic rings. The largest absolute Gasteiger partial charge is 0.493 e. The summed E-state index contributed by atoms with van der Waals surface area (Å²) < 4.78 is 5.51. The molecule has 0 amide bonds. The topological polar surface area (TPSA) is 63.7 Å². The third kappa shape index (κ3) is 1.30. The van der Waals surface area contributed by atoms with Crippen molar-refractivity contribution < 1.29 is 4.74 Å². The van der Waals surface area contributed by atoms with Gasteiger partial charge in [0.25, 0.3) is 0 Å².